The standard InChI is InChI=1S/C52H54N8O9S3/c1-67-43-22-31(11-16-53-43)37-10-9-29-5-3-6-36(29)47(37)55-51(61)57-71(63,64)45-24-34-28-60-20-15-33(49(34)69-45)21-42(60)41-26-40(32-12-17-54-44(23-32)68-2)48(39-8-4-7-38(39)41)56-52(62)58-72(65,66)46-25-35-27-59-18-13-30(14-19-59)50(35)70-46/h9-12,16-17,22-26,30,33,42H,3-8,13-15,18-21,27-28H2,1-2H3,(H2,55,57,61)(H2,56,58,62). The maximum atomic E-state index is 14.0. The lowest BCUT2D eigenvalue weighted by molar-refractivity contribution is 0.134. The number of hydrogen-bond acceptors (Lipinski definition) is 14. The number of urea groups is 2. The van der Waals surface area contributed by atoms with Crippen molar-refractivity contribution in [3.63, 3.8) is 0 Å². The Bertz CT molecular complexity index is 3420. The van der Waals surface area contributed by atoms with Gasteiger partial charge in [0.15, 0.2) is 0 Å². The fourth-order valence-corrected chi connectivity index (χ4v) is 15.6. The first-order valence-corrected chi connectivity index (χ1v) is 28.3. The lowest BCUT2D eigenvalue weighted by Crippen LogP contribution is -2.35. The van der Waals surface area contributed by atoms with Gasteiger partial charge in [-0.15, -0.1) is 11.3 Å². The molecule has 4 N–H and O–H groups in total. The third-order valence-corrected chi connectivity index (χ3v) is 19.8. The Morgan fingerprint density at radius 3 is 2.07 bits per heavy atom. The van der Waals surface area contributed by atoms with Gasteiger partial charge in [0.1, 0.15) is 9.97 Å². The van der Waals surface area contributed by atoms with Gasteiger partial charge in [-0.25, -0.2) is 37.4 Å². The van der Waals surface area contributed by atoms with Gasteiger partial charge >= 0.3 is 12.1 Å². The number of carbonyl (C=O) groups is 2. The maximum absolute atomic E-state index is 14.0. The molecule has 2 aliphatic carbocycles. The number of methoxy groups -OCH3 is 2. The number of amides is 4. The van der Waals surface area contributed by atoms with Crippen LogP contribution in [-0.2, 0) is 58.8 Å². The minimum atomic E-state index is -4.44. The number of anilines is 2. The van der Waals surface area contributed by atoms with E-state index in [0.29, 0.717) is 66.3 Å². The summed E-state index contributed by atoms with van der Waals surface area (Å²) in [6, 6.07) is 14.8. The number of hydrogen-bond donors (Lipinski definition) is 4. The zero-order valence-electron chi connectivity index (χ0n) is 39.9. The quantitative estimate of drug-likeness (QED) is 0.0958. The van der Waals surface area contributed by atoms with E-state index in [0.717, 1.165) is 132 Å². The van der Waals surface area contributed by atoms with Crippen LogP contribution in [0.25, 0.3) is 22.3 Å². The molecule has 2 fully saturated rings. The second kappa shape index (κ2) is 18.3. The first-order valence-electron chi connectivity index (χ1n) is 24.6. The molecule has 0 radical (unpaired) electrons. The van der Waals surface area contributed by atoms with Crippen LogP contribution < -0.4 is 29.6 Å². The van der Waals surface area contributed by atoms with Crippen molar-refractivity contribution in [1.82, 2.24) is 29.2 Å². The molecular weight excluding hydrogens is 977 g/mol. The molecule has 72 heavy (non-hydrogen) atoms. The molecule has 17 nitrogen and oxygen atoms in total. The summed E-state index contributed by atoms with van der Waals surface area (Å²) in [7, 11) is -5.55. The number of carbonyl (C=O) groups excluding carboxylic acids is 2. The predicted octanol–water partition coefficient (Wildman–Crippen LogP) is 8.61. The summed E-state index contributed by atoms with van der Waals surface area (Å²) in [5.74, 6) is 1.60. The summed E-state index contributed by atoms with van der Waals surface area (Å²) in [5, 5.41) is 5.56. The molecule has 4 bridgehead atoms. The highest BCUT2D eigenvalue weighted by Gasteiger charge is 2.42. The van der Waals surface area contributed by atoms with Crippen molar-refractivity contribution in [3.8, 4) is 34.0 Å². The van der Waals surface area contributed by atoms with Crippen molar-refractivity contribution in [2.24, 2.45) is 0 Å². The third-order valence-electron chi connectivity index (χ3n) is 15.5. The molecule has 6 aromatic rings. The highest BCUT2D eigenvalue weighted by molar-refractivity contribution is 7.92. The van der Waals surface area contributed by atoms with Gasteiger partial charge in [0, 0.05) is 77.2 Å². The molecule has 6 aliphatic heterocycles. The first-order chi connectivity index (χ1) is 34.8. The van der Waals surface area contributed by atoms with Gasteiger partial charge in [-0.2, -0.15) is 8.42 Å². The van der Waals surface area contributed by atoms with Crippen LogP contribution in [0.1, 0.15) is 106 Å². The number of piperidine rings is 2. The smallest absolute Gasteiger partial charge is 0.333 e. The van der Waals surface area contributed by atoms with Crippen LogP contribution in [0.5, 0.6) is 11.8 Å². The molecule has 8 aliphatic rings. The largest absolute Gasteiger partial charge is 0.481 e. The van der Waals surface area contributed by atoms with Crippen LogP contribution in [0.15, 0.2) is 80.7 Å². The minimum absolute atomic E-state index is 0.0873. The first kappa shape index (κ1) is 46.7. The van der Waals surface area contributed by atoms with Crippen LogP contribution in [-0.4, -0.2) is 82.5 Å². The van der Waals surface area contributed by atoms with Crippen LogP contribution in [0.3, 0.4) is 0 Å². The van der Waals surface area contributed by atoms with Gasteiger partial charge in [-0.05, 0) is 159 Å². The number of thiophene rings is 1. The fourth-order valence-electron chi connectivity index (χ4n) is 12.1. The van der Waals surface area contributed by atoms with Gasteiger partial charge in [-0.1, -0.05) is 12.1 Å². The maximum Gasteiger partial charge on any atom is 0.333 e. The Morgan fingerprint density at radius 2 is 1.33 bits per heavy atom. The number of sulfonamides is 2. The number of benzene rings is 2. The fraction of sp³-hybridized carbons (Fsp3) is 0.385. The number of rotatable bonds is 11. The molecule has 2 saturated heterocycles. The van der Waals surface area contributed by atoms with Crippen LogP contribution >= 0.6 is 11.3 Å². The van der Waals surface area contributed by atoms with Crippen molar-refractivity contribution < 1.29 is 40.3 Å². The summed E-state index contributed by atoms with van der Waals surface area (Å²) in [4.78, 5) is 42.1. The second-order valence-electron chi connectivity index (χ2n) is 19.6. The van der Waals surface area contributed by atoms with Crippen molar-refractivity contribution in [2.75, 3.05) is 44.5 Å². The monoisotopic (exact) mass is 1030 g/mol. The summed E-state index contributed by atoms with van der Waals surface area (Å²) in [6.07, 6.45) is 11.4. The molecule has 0 saturated carbocycles. The molecule has 3 unspecified atom stereocenters. The van der Waals surface area contributed by atoms with E-state index in [9.17, 15) is 26.4 Å². The molecule has 3 atom stereocenters. The van der Waals surface area contributed by atoms with Gasteiger partial charge in [-0.3, -0.25) is 9.80 Å². The molecule has 4 aromatic heterocycles. The number of aromatic nitrogens is 2. The zero-order valence-corrected chi connectivity index (χ0v) is 42.3. The Morgan fingerprint density at radius 1 is 0.681 bits per heavy atom. The molecule has 14 rings (SSSR count). The van der Waals surface area contributed by atoms with Crippen LogP contribution in [0.2, 0.25) is 0 Å². The summed E-state index contributed by atoms with van der Waals surface area (Å²) in [6.45, 7) is 3.87. The number of fused-ring (bicyclic) bond motifs is 6. The lowest BCUT2D eigenvalue weighted by Gasteiger charge is -2.37. The molecular formula is C52H54N8O9S3. The number of furan rings is 1. The Labute approximate surface area is 421 Å². The van der Waals surface area contributed by atoms with Gasteiger partial charge in [0.25, 0.3) is 20.0 Å². The highest BCUT2D eigenvalue weighted by atomic mass is 32.2. The zero-order chi connectivity index (χ0) is 49.5. The normalized spacial score (nSPS) is 21.7. The highest BCUT2D eigenvalue weighted by Crippen LogP contribution is 2.51. The number of pyridine rings is 2. The van der Waals surface area contributed by atoms with E-state index in [1.807, 2.05) is 24.3 Å². The molecule has 10 heterocycles. The Kier molecular flexibility index (Phi) is 11.9. The van der Waals surface area contributed by atoms with E-state index in [1.54, 1.807) is 36.7 Å². The third kappa shape index (κ3) is 8.49. The average molecular weight is 1030 g/mol. The summed E-state index contributed by atoms with van der Waals surface area (Å²) >= 11 is 1.27. The van der Waals surface area contributed by atoms with E-state index in [4.69, 9.17) is 13.9 Å². The van der Waals surface area contributed by atoms with Crippen molar-refractivity contribution in [2.45, 2.75) is 104 Å². The topological polar surface area (TPSA) is 214 Å². The van der Waals surface area contributed by atoms with Gasteiger partial charge < -0.3 is 24.5 Å². The van der Waals surface area contributed by atoms with E-state index in [2.05, 4.69) is 45.9 Å². The van der Waals surface area contributed by atoms with Crippen molar-refractivity contribution >= 4 is 54.8 Å². The van der Waals surface area contributed by atoms with Gasteiger partial charge in [0.05, 0.1) is 25.6 Å². The van der Waals surface area contributed by atoms with Gasteiger partial charge in [0.2, 0.25) is 16.9 Å². The second-order valence-corrected chi connectivity index (χ2v) is 24.2. The van der Waals surface area contributed by atoms with E-state index in [1.165, 1.54) is 25.6 Å². The number of aryl methyl sites for hydroxylation is 1. The van der Waals surface area contributed by atoms with Crippen molar-refractivity contribution in [1.29, 1.82) is 0 Å². The lowest BCUT2D eigenvalue weighted by atomic mass is 9.83. The number of nitrogens with one attached hydrogen (secondary N) is 4. The summed E-state index contributed by atoms with van der Waals surface area (Å²) < 4.78 is 77.6. The number of ether oxygens (including phenoxy) is 2. The van der Waals surface area contributed by atoms with E-state index < -0.39 is 32.1 Å². The van der Waals surface area contributed by atoms with Crippen LogP contribution in [0, 0.1) is 0 Å². The summed E-state index contributed by atoms with van der Waals surface area (Å²) in [5.41, 5.74) is 11.0. The van der Waals surface area contributed by atoms with E-state index >= 15 is 0 Å². The Balaban J connectivity index is 0.808. The Hall–Kier alpha value is -6.32. The minimum Gasteiger partial charge on any atom is -0.481 e. The predicted molar refractivity (Wildman–Crippen MR) is 271 cm³/mol. The molecule has 0 spiro atoms. The molecule has 4 amide bonds. The molecule has 20 heteroatoms. The van der Waals surface area contributed by atoms with Crippen molar-refractivity contribution in [3.05, 3.63) is 117 Å². The average Bonchev–Trinajstić information content (AvgIpc) is 4.18. The molecule has 2 aromatic carbocycles. The van der Waals surface area contributed by atoms with E-state index in [-0.39, 0.29) is 21.3 Å². The SMILES string of the molecule is COc1cc(-c2ccc3c(c2NC(=O)NS(=O)(=O)c2cc4c(o2)C2CCN(C4)C(c4cc(-c5ccnc(OC)c5)c(NC(=O)NS(=O)(=O)c5cc6c(s5)C5CCN(CC5)C6)c5c4CCC5)C2)CCC3)ccn1. The number of nitrogens with zero attached hydrogens (tertiary/aromatic N) is 4. The van der Waals surface area contributed by atoms with Crippen LogP contribution in [0.4, 0.5) is 21.0 Å². The molecule has 374 valence electrons.